The molecule has 1 aromatic heterocycles. The van der Waals surface area contributed by atoms with Crippen LogP contribution in [0.5, 0.6) is 0 Å². The maximum absolute atomic E-state index is 5.30. The van der Waals surface area contributed by atoms with Crippen molar-refractivity contribution in [2.45, 2.75) is 13.3 Å². The molecular weight excluding hydrogens is 188 g/mol. The van der Waals surface area contributed by atoms with Gasteiger partial charge in [-0.3, -0.25) is 0 Å². The smallest absolute Gasteiger partial charge is 0.220 e. The van der Waals surface area contributed by atoms with Crippen molar-refractivity contribution in [3.05, 3.63) is 53.8 Å². The highest BCUT2D eigenvalue weighted by Gasteiger charge is 2.03. The van der Waals surface area contributed by atoms with Crippen LogP contribution in [0.3, 0.4) is 0 Å². The lowest BCUT2D eigenvalue weighted by Crippen LogP contribution is -1.88. The Morgan fingerprint density at radius 2 is 2.00 bits per heavy atom. The van der Waals surface area contributed by atoms with E-state index in [1.54, 1.807) is 6.92 Å². The van der Waals surface area contributed by atoms with Gasteiger partial charge in [-0.05, 0) is 11.1 Å². The Bertz CT molecular complexity index is 457. The van der Waals surface area contributed by atoms with Gasteiger partial charge in [0.25, 0.3) is 0 Å². The number of hydrogen-bond donors (Lipinski definition) is 0. The third kappa shape index (κ3) is 2.31. The molecule has 0 saturated heterocycles. The monoisotopic (exact) mass is 200 g/mol. The van der Waals surface area contributed by atoms with Crippen LogP contribution in [0.15, 0.2) is 35.3 Å². The van der Waals surface area contributed by atoms with E-state index in [4.69, 9.17) is 4.42 Å². The van der Waals surface area contributed by atoms with Crippen molar-refractivity contribution in [1.29, 1.82) is 0 Å². The second kappa shape index (κ2) is 4.09. The Morgan fingerprint density at radius 3 is 2.53 bits per heavy atom. The van der Waals surface area contributed by atoms with Crippen LogP contribution >= 0.6 is 0 Å². The first-order chi connectivity index (χ1) is 7.28. The molecule has 1 aromatic carbocycles. The molecule has 0 atom stereocenters. The summed E-state index contributed by atoms with van der Waals surface area (Å²) in [7, 11) is 0. The van der Waals surface area contributed by atoms with Crippen LogP contribution < -0.4 is 0 Å². The molecule has 3 nitrogen and oxygen atoms in total. The zero-order valence-corrected chi connectivity index (χ0v) is 8.60. The normalized spacial score (nSPS) is 10.2. The number of aromatic nitrogens is 2. The first kappa shape index (κ1) is 9.65. The number of nitrogens with zero attached hydrogens (tertiary/aromatic N) is 2. The minimum atomic E-state index is 0.604. The van der Waals surface area contributed by atoms with Gasteiger partial charge in [0.05, 0.1) is 6.42 Å². The van der Waals surface area contributed by atoms with Crippen LogP contribution in [0, 0.1) is 6.92 Å². The zero-order valence-electron chi connectivity index (χ0n) is 8.60. The molecule has 0 fully saturated rings. The molecule has 0 bridgehead atoms. The summed E-state index contributed by atoms with van der Waals surface area (Å²) in [5, 5.41) is 7.73. The summed E-state index contributed by atoms with van der Waals surface area (Å²) in [6.45, 7) is 5.50. The van der Waals surface area contributed by atoms with E-state index in [2.05, 4.69) is 16.8 Å². The van der Waals surface area contributed by atoms with Gasteiger partial charge in [0, 0.05) is 6.92 Å². The summed E-state index contributed by atoms with van der Waals surface area (Å²) in [6.07, 6.45) is 2.50. The molecule has 0 unspecified atom stereocenters. The highest BCUT2D eigenvalue weighted by atomic mass is 16.4. The maximum Gasteiger partial charge on any atom is 0.220 e. The van der Waals surface area contributed by atoms with Crippen LogP contribution in [-0.2, 0) is 6.42 Å². The molecule has 2 aromatic rings. The quantitative estimate of drug-likeness (QED) is 0.764. The van der Waals surface area contributed by atoms with Crippen molar-refractivity contribution in [3.63, 3.8) is 0 Å². The van der Waals surface area contributed by atoms with Crippen molar-refractivity contribution < 1.29 is 4.42 Å². The van der Waals surface area contributed by atoms with Crippen LogP contribution in [0.1, 0.15) is 22.9 Å². The predicted molar refractivity (Wildman–Crippen MR) is 58.4 cm³/mol. The Kier molecular flexibility index (Phi) is 2.63. The van der Waals surface area contributed by atoms with Crippen LogP contribution in [0.4, 0.5) is 0 Å². The molecule has 76 valence electrons. The van der Waals surface area contributed by atoms with E-state index >= 15 is 0 Å². The first-order valence-electron chi connectivity index (χ1n) is 4.78. The van der Waals surface area contributed by atoms with Crippen LogP contribution in [0.2, 0.25) is 0 Å². The topological polar surface area (TPSA) is 38.9 Å². The number of benzene rings is 1. The van der Waals surface area contributed by atoms with E-state index < -0.39 is 0 Å². The highest BCUT2D eigenvalue weighted by molar-refractivity contribution is 5.47. The van der Waals surface area contributed by atoms with Crippen molar-refractivity contribution >= 4 is 6.08 Å². The number of hydrogen-bond acceptors (Lipinski definition) is 3. The lowest BCUT2D eigenvalue weighted by molar-refractivity contribution is 0.477. The van der Waals surface area contributed by atoms with Gasteiger partial charge in [0.1, 0.15) is 0 Å². The highest BCUT2D eigenvalue weighted by Crippen LogP contribution is 2.10. The zero-order chi connectivity index (χ0) is 10.7. The molecule has 0 aliphatic rings. The van der Waals surface area contributed by atoms with Gasteiger partial charge >= 0.3 is 0 Å². The van der Waals surface area contributed by atoms with E-state index in [0.717, 1.165) is 11.1 Å². The van der Waals surface area contributed by atoms with Gasteiger partial charge in [-0.25, -0.2) is 0 Å². The lowest BCUT2D eigenvalue weighted by atomic mass is 10.1. The van der Waals surface area contributed by atoms with E-state index in [9.17, 15) is 0 Å². The summed E-state index contributed by atoms with van der Waals surface area (Å²) >= 11 is 0. The predicted octanol–water partition coefficient (Wildman–Crippen LogP) is 2.61. The molecule has 0 spiro atoms. The molecular formula is C12H12N2O. The average molecular weight is 200 g/mol. The molecule has 0 aliphatic heterocycles. The third-order valence-electron chi connectivity index (χ3n) is 2.14. The van der Waals surface area contributed by atoms with Gasteiger partial charge in [-0.1, -0.05) is 36.9 Å². The van der Waals surface area contributed by atoms with Gasteiger partial charge in [0.15, 0.2) is 0 Å². The molecule has 0 saturated carbocycles. The molecule has 1 heterocycles. The van der Waals surface area contributed by atoms with Crippen LogP contribution in [-0.4, -0.2) is 10.2 Å². The molecule has 3 heteroatoms. The SMILES string of the molecule is C=Cc1ccc(Cc2nnc(C)o2)cc1. The molecule has 0 N–H and O–H groups in total. The Morgan fingerprint density at radius 1 is 1.27 bits per heavy atom. The fraction of sp³-hybridized carbons (Fsp3) is 0.167. The minimum Gasteiger partial charge on any atom is -0.425 e. The average Bonchev–Trinajstić information content (AvgIpc) is 2.65. The summed E-state index contributed by atoms with van der Waals surface area (Å²) in [6, 6.07) is 8.12. The largest absolute Gasteiger partial charge is 0.425 e. The third-order valence-corrected chi connectivity index (χ3v) is 2.14. The van der Waals surface area contributed by atoms with Crippen molar-refractivity contribution in [2.75, 3.05) is 0 Å². The molecule has 0 amide bonds. The summed E-state index contributed by atoms with van der Waals surface area (Å²) in [4.78, 5) is 0. The second-order valence-electron chi connectivity index (χ2n) is 3.34. The van der Waals surface area contributed by atoms with Gasteiger partial charge in [0.2, 0.25) is 11.8 Å². The van der Waals surface area contributed by atoms with Gasteiger partial charge < -0.3 is 4.42 Å². The Labute approximate surface area is 88.5 Å². The standard InChI is InChI=1S/C12H12N2O/c1-3-10-4-6-11(7-5-10)8-12-14-13-9(2)15-12/h3-7H,1,8H2,2H3. The van der Waals surface area contributed by atoms with Crippen molar-refractivity contribution in [1.82, 2.24) is 10.2 Å². The number of aryl methyl sites for hydroxylation is 1. The molecule has 0 radical (unpaired) electrons. The maximum atomic E-state index is 5.30. The molecule has 0 aliphatic carbocycles. The van der Waals surface area contributed by atoms with E-state index in [1.165, 1.54) is 0 Å². The number of rotatable bonds is 3. The van der Waals surface area contributed by atoms with Gasteiger partial charge in [-0.2, -0.15) is 0 Å². The fourth-order valence-electron chi connectivity index (χ4n) is 1.36. The Balaban J connectivity index is 2.14. The van der Waals surface area contributed by atoms with Crippen molar-refractivity contribution in [3.8, 4) is 0 Å². The Hall–Kier alpha value is -1.90. The van der Waals surface area contributed by atoms with Gasteiger partial charge in [-0.15, -0.1) is 10.2 Å². The summed E-state index contributed by atoms with van der Waals surface area (Å²) in [5.41, 5.74) is 2.27. The minimum absolute atomic E-state index is 0.604. The second-order valence-corrected chi connectivity index (χ2v) is 3.34. The van der Waals surface area contributed by atoms with Crippen molar-refractivity contribution in [2.24, 2.45) is 0 Å². The lowest BCUT2D eigenvalue weighted by Gasteiger charge is -1.97. The van der Waals surface area contributed by atoms with E-state index in [1.807, 2.05) is 30.3 Å². The van der Waals surface area contributed by atoms with E-state index in [0.29, 0.717) is 18.2 Å². The summed E-state index contributed by atoms with van der Waals surface area (Å²) < 4.78 is 5.30. The van der Waals surface area contributed by atoms with E-state index in [-0.39, 0.29) is 0 Å². The first-order valence-corrected chi connectivity index (χ1v) is 4.78. The fourth-order valence-corrected chi connectivity index (χ4v) is 1.36. The summed E-state index contributed by atoms with van der Waals surface area (Å²) in [5.74, 6) is 1.26. The van der Waals surface area contributed by atoms with Crippen LogP contribution in [0.25, 0.3) is 6.08 Å². The molecule has 15 heavy (non-hydrogen) atoms. The molecule has 2 rings (SSSR count).